The maximum absolute atomic E-state index is 10.6. The van der Waals surface area contributed by atoms with E-state index in [-0.39, 0.29) is 5.78 Å². The maximum Gasteiger partial charge on any atom is 0.159 e. The summed E-state index contributed by atoms with van der Waals surface area (Å²) in [6.07, 6.45) is 3.33. The fourth-order valence-corrected chi connectivity index (χ4v) is 1.03. The summed E-state index contributed by atoms with van der Waals surface area (Å²) in [5.74, 6) is 0.121. The second-order valence-corrected chi connectivity index (χ2v) is 3.35. The van der Waals surface area contributed by atoms with Gasteiger partial charge in [0.15, 0.2) is 5.78 Å². The first-order chi connectivity index (χ1) is 7.22. The molecule has 0 aliphatic carbocycles. The van der Waals surface area contributed by atoms with Crippen LogP contribution in [-0.2, 0) is 0 Å². The smallest absolute Gasteiger partial charge is 0.159 e. The molecular weight excluding hydrogens is 188 g/mol. The van der Waals surface area contributed by atoms with Gasteiger partial charge < -0.3 is 5.11 Å². The van der Waals surface area contributed by atoms with E-state index in [1.54, 1.807) is 6.92 Å². The summed E-state index contributed by atoms with van der Waals surface area (Å²) in [7, 11) is 0. The van der Waals surface area contributed by atoms with Crippen LogP contribution in [0.25, 0.3) is 0 Å². The van der Waals surface area contributed by atoms with Gasteiger partial charge in [0.25, 0.3) is 0 Å². The third kappa shape index (κ3) is 7.89. The van der Waals surface area contributed by atoms with Gasteiger partial charge in [0, 0.05) is 12.2 Å². The number of ketones is 1. The van der Waals surface area contributed by atoms with Crippen LogP contribution in [0.3, 0.4) is 0 Å². The Morgan fingerprint density at radius 2 is 1.80 bits per heavy atom. The van der Waals surface area contributed by atoms with Crippen LogP contribution in [0.4, 0.5) is 0 Å². The van der Waals surface area contributed by atoms with Gasteiger partial charge in [0.1, 0.15) is 0 Å². The molecule has 0 bridgehead atoms. The van der Waals surface area contributed by atoms with Crippen molar-refractivity contribution in [2.24, 2.45) is 0 Å². The Morgan fingerprint density at radius 1 is 1.20 bits per heavy atom. The summed E-state index contributed by atoms with van der Waals surface area (Å²) in [4.78, 5) is 10.6. The fraction of sp³-hybridized carbons (Fsp3) is 0.462. The predicted octanol–water partition coefficient (Wildman–Crippen LogP) is 3.06. The summed E-state index contributed by atoms with van der Waals surface area (Å²) in [6.45, 7) is 4.04. The number of carbonyl (C=O) groups excluding carboxylic acids is 1. The molecule has 0 heterocycles. The van der Waals surface area contributed by atoms with E-state index in [0.29, 0.717) is 6.61 Å². The number of hydrogen-bond donors (Lipinski definition) is 1. The van der Waals surface area contributed by atoms with E-state index in [1.165, 1.54) is 6.42 Å². The van der Waals surface area contributed by atoms with Gasteiger partial charge in [-0.2, -0.15) is 0 Å². The van der Waals surface area contributed by atoms with Gasteiger partial charge in [0.05, 0.1) is 0 Å². The number of Topliss-reactive ketones (excluding diaryl/α,β-unsaturated/α-hetero) is 1. The zero-order valence-corrected chi connectivity index (χ0v) is 9.57. The van der Waals surface area contributed by atoms with Crippen molar-refractivity contribution in [3.8, 4) is 0 Å². The van der Waals surface area contributed by atoms with E-state index >= 15 is 0 Å². The minimum absolute atomic E-state index is 0.121. The van der Waals surface area contributed by atoms with Gasteiger partial charge in [-0.1, -0.05) is 50.1 Å². The molecule has 1 aromatic carbocycles. The Kier molecular flexibility index (Phi) is 8.69. The SMILES string of the molecule is CC(=O)c1ccccc1.CCCCCO. The van der Waals surface area contributed by atoms with Crippen molar-refractivity contribution in [3.63, 3.8) is 0 Å². The van der Waals surface area contributed by atoms with E-state index < -0.39 is 0 Å². The first-order valence-corrected chi connectivity index (χ1v) is 5.39. The standard InChI is InChI=1S/C8H8O.C5H12O/c1-7(9)8-5-3-2-4-6-8;1-2-3-4-5-6/h2-6H,1H3;6H,2-5H2,1H3. The minimum atomic E-state index is 0.121. The molecule has 0 radical (unpaired) electrons. The van der Waals surface area contributed by atoms with Crippen molar-refractivity contribution >= 4 is 5.78 Å². The van der Waals surface area contributed by atoms with Gasteiger partial charge in [-0.3, -0.25) is 4.79 Å². The molecule has 2 heteroatoms. The lowest BCUT2D eigenvalue weighted by molar-refractivity contribution is 0.101. The maximum atomic E-state index is 10.6. The van der Waals surface area contributed by atoms with E-state index in [0.717, 1.165) is 18.4 Å². The molecule has 84 valence electrons. The Bertz CT molecular complexity index is 250. The second kappa shape index (κ2) is 9.41. The van der Waals surface area contributed by atoms with Crippen LogP contribution in [-0.4, -0.2) is 17.5 Å². The molecule has 1 N–H and O–H groups in total. The van der Waals surface area contributed by atoms with Gasteiger partial charge >= 0.3 is 0 Å². The summed E-state index contributed by atoms with van der Waals surface area (Å²) < 4.78 is 0. The van der Waals surface area contributed by atoms with E-state index in [2.05, 4.69) is 6.92 Å². The highest BCUT2D eigenvalue weighted by molar-refractivity contribution is 5.93. The molecular formula is C13H20O2. The Balaban J connectivity index is 0.000000288. The van der Waals surface area contributed by atoms with Crippen LogP contribution in [0.1, 0.15) is 43.5 Å². The molecule has 0 aliphatic rings. The van der Waals surface area contributed by atoms with Crippen LogP contribution in [0.15, 0.2) is 30.3 Å². The number of rotatable bonds is 4. The van der Waals surface area contributed by atoms with Crippen LogP contribution in [0.5, 0.6) is 0 Å². The molecule has 0 saturated heterocycles. The fourth-order valence-electron chi connectivity index (χ4n) is 1.03. The van der Waals surface area contributed by atoms with E-state index in [4.69, 9.17) is 5.11 Å². The summed E-state index contributed by atoms with van der Waals surface area (Å²) >= 11 is 0. The van der Waals surface area contributed by atoms with Gasteiger partial charge in [-0.05, 0) is 13.3 Å². The number of unbranched alkanes of at least 4 members (excludes halogenated alkanes) is 2. The molecule has 0 aromatic heterocycles. The Labute approximate surface area is 91.9 Å². The zero-order chi connectivity index (χ0) is 11.5. The van der Waals surface area contributed by atoms with Gasteiger partial charge in [0.2, 0.25) is 0 Å². The average Bonchev–Trinajstić information content (AvgIpc) is 2.28. The highest BCUT2D eigenvalue weighted by atomic mass is 16.2. The van der Waals surface area contributed by atoms with Crippen molar-refractivity contribution in [1.82, 2.24) is 0 Å². The van der Waals surface area contributed by atoms with Crippen molar-refractivity contribution in [1.29, 1.82) is 0 Å². The first kappa shape index (κ1) is 13.8. The number of benzene rings is 1. The molecule has 0 spiro atoms. The lowest BCUT2D eigenvalue weighted by Gasteiger charge is -1.89. The minimum Gasteiger partial charge on any atom is -0.396 e. The van der Waals surface area contributed by atoms with Gasteiger partial charge in [-0.25, -0.2) is 0 Å². The largest absolute Gasteiger partial charge is 0.396 e. The highest BCUT2D eigenvalue weighted by Crippen LogP contribution is 1.97. The summed E-state index contributed by atoms with van der Waals surface area (Å²) in [6, 6.07) is 9.23. The van der Waals surface area contributed by atoms with E-state index in [1.807, 2.05) is 30.3 Å². The van der Waals surface area contributed by atoms with Crippen molar-refractivity contribution in [2.75, 3.05) is 6.61 Å². The molecule has 0 saturated carbocycles. The Morgan fingerprint density at radius 3 is 2.07 bits per heavy atom. The molecule has 2 nitrogen and oxygen atoms in total. The highest BCUT2D eigenvalue weighted by Gasteiger charge is 1.92. The second-order valence-electron chi connectivity index (χ2n) is 3.35. The molecule has 1 rings (SSSR count). The van der Waals surface area contributed by atoms with Gasteiger partial charge in [-0.15, -0.1) is 0 Å². The summed E-state index contributed by atoms with van der Waals surface area (Å²) in [5, 5.41) is 8.20. The number of carbonyl (C=O) groups is 1. The number of aliphatic hydroxyl groups is 1. The molecule has 15 heavy (non-hydrogen) atoms. The van der Waals surface area contributed by atoms with Crippen LogP contribution in [0.2, 0.25) is 0 Å². The lowest BCUT2D eigenvalue weighted by atomic mass is 10.2. The number of aliphatic hydroxyl groups excluding tert-OH is 1. The molecule has 0 unspecified atom stereocenters. The molecule has 1 aromatic rings. The topological polar surface area (TPSA) is 37.3 Å². The lowest BCUT2D eigenvalue weighted by Crippen LogP contribution is -1.88. The van der Waals surface area contributed by atoms with Crippen molar-refractivity contribution < 1.29 is 9.90 Å². The predicted molar refractivity (Wildman–Crippen MR) is 63.1 cm³/mol. The third-order valence-corrected chi connectivity index (χ3v) is 1.94. The van der Waals surface area contributed by atoms with Crippen molar-refractivity contribution in [2.45, 2.75) is 33.1 Å². The molecule has 0 amide bonds. The third-order valence-electron chi connectivity index (χ3n) is 1.94. The quantitative estimate of drug-likeness (QED) is 0.610. The molecule has 0 fully saturated rings. The summed E-state index contributed by atoms with van der Waals surface area (Å²) in [5.41, 5.74) is 0.775. The van der Waals surface area contributed by atoms with Crippen LogP contribution < -0.4 is 0 Å². The zero-order valence-electron chi connectivity index (χ0n) is 9.57. The van der Waals surface area contributed by atoms with Crippen molar-refractivity contribution in [3.05, 3.63) is 35.9 Å². The average molecular weight is 208 g/mol. The molecule has 0 aliphatic heterocycles. The normalized spacial score (nSPS) is 9.00. The van der Waals surface area contributed by atoms with Crippen LogP contribution in [0, 0.1) is 0 Å². The monoisotopic (exact) mass is 208 g/mol. The number of hydrogen-bond acceptors (Lipinski definition) is 2. The van der Waals surface area contributed by atoms with Crippen LogP contribution >= 0.6 is 0 Å². The van der Waals surface area contributed by atoms with E-state index in [9.17, 15) is 4.79 Å². The molecule has 0 atom stereocenters. The Hall–Kier alpha value is -1.15. The first-order valence-electron chi connectivity index (χ1n) is 5.39.